The van der Waals surface area contributed by atoms with Crippen LogP contribution in [0, 0.1) is 0 Å². The number of benzene rings is 1. The molecule has 7 heteroatoms. The van der Waals surface area contributed by atoms with Gasteiger partial charge in [0.25, 0.3) is 5.91 Å². The Hall–Kier alpha value is -2.54. The molecule has 0 unspecified atom stereocenters. The van der Waals surface area contributed by atoms with Crippen LogP contribution in [0.3, 0.4) is 0 Å². The third-order valence-corrected chi connectivity index (χ3v) is 3.32. The van der Waals surface area contributed by atoms with Crippen molar-refractivity contribution in [2.75, 3.05) is 5.32 Å². The smallest absolute Gasteiger partial charge is 0.255 e. The molecule has 0 aliphatic rings. The van der Waals surface area contributed by atoms with E-state index in [0.29, 0.717) is 11.4 Å². The molecule has 1 aromatic carbocycles. The molecule has 21 heavy (non-hydrogen) atoms. The Morgan fingerprint density at radius 1 is 1.10 bits per heavy atom. The van der Waals surface area contributed by atoms with Gasteiger partial charge < -0.3 is 5.32 Å². The molecular formula is C14H10BrN5O. The van der Waals surface area contributed by atoms with E-state index in [1.54, 1.807) is 22.9 Å². The maximum Gasteiger partial charge on any atom is 0.255 e. The topological polar surface area (TPSA) is 72.7 Å². The van der Waals surface area contributed by atoms with Gasteiger partial charge in [0, 0.05) is 21.9 Å². The Morgan fingerprint density at radius 3 is 2.52 bits per heavy atom. The third-order valence-electron chi connectivity index (χ3n) is 2.79. The lowest BCUT2D eigenvalue weighted by atomic mass is 10.2. The summed E-state index contributed by atoms with van der Waals surface area (Å²) in [6.45, 7) is 0. The summed E-state index contributed by atoms with van der Waals surface area (Å²) >= 11 is 3.35. The van der Waals surface area contributed by atoms with Crippen LogP contribution < -0.4 is 5.32 Å². The van der Waals surface area contributed by atoms with Crippen LogP contribution in [0.5, 0.6) is 0 Å². The van der Waals surface area contributed by atoms with Crippen molar-refractivity contribution in [3.05, 3.63) is 65.3 Å². The Balaban J connectivity index is 1.81. The van der Waals surface area contributed by atoms with Crippen LogP contribution in [0.2, 0.25) is 0 Å². The molecule has 1 N–H and O–H groups in total. The molecule has 0 aliphatic carbocycles. The van der Waals surface area contributed by atoms with Gasteiger partial charge in [0.05, 0.1) is 0 Å². The van der Waals surface area contributed by atoms with Crippen molar-refractivity contribution in [1.29, 1.82) is 0 Å². The predicted octanol–water partition coefficient (Wildman–Crippen LogP) is 2.68. The molecule has 104 valence electrons. The fraction of sp³-hybridized carbons (Fsp3) is 0. The standard InChI is InChI=1S/C14H10BrN5O/c15-11-1-3-12(4-2-11)19-14(21)10-5-6-16-13(7-10)20-8-17-18-9-20/h1-9H,(H,19,21). The van der Waals surface area contributed by atoms with Gasteiger partial charge in [0.15, 0.2) is 0 Å². The maximum absolute atomic E-state index is 12.2. The first kappa shape index (κ1) is 13.4. The van der Waals surface area contributed by atoms with Crippen LogP contribution in [0.4, 0.5) is 5.69 Å². The van der Waals surface area contributed by atoms with Gasteiger partial charge in [-0.25, -0.2) is 4.98 Å². The minimum atomic E-state index is -0.200. The van der Waals surface area contributed by atoms with E-state index in [1.807, 2.05) is 24.3 Å². The molecule has 3 aromatic rings. The fourth-order valence-electron chi connectivity index (χ4n) is 1.76. The summed E-state index contributed by atoms with van der Waals surface area (Å²) in [5.41, 5.74) is 1.24. The SMILES string of the molecule is O=C(Nc1ccc(Br)cc1)c1ccnc(-n2cnnc2)c1. The van der Waals surface area contributed by atoms with Gasteiger partial charge in [-0.3, -0.25) is 9.36 Å². The summed E-state index contributed by atoms with van der Waals surface area (Å²) in [5, 5.41) is 10.3. The van der Waals surface area contributed by atoms with Gasteiger partial charge >= 0.3 is 0 Å². The number of hydrogen-bond donors (Lipinski definition) is 1. The number of amides is 1. The van der Waals surface area contributed by atoms with Gasteiger partial charge in [0.2, 0.25) is 0 Å². The molecule has 2 aromatic heterocycles. The summed E-state index contributed by atoms with van der Waals surface area (Å²) in [6, 6.07) is 10.7. The van der Waals surface area contributed by atoms with E-state index < -0.39 is 0 Å². The Labute approximate surface area is 129 Å². The molecule has 1 amide bonds. The molecule has 0 atom stereocenters. The van der Waals surface area contributed by atoms with Crippen LogP contribution in [0.25, 0.3) is 5.82 Å². The Morgan fingerprint density at radius 2 is 1.81 bits per heavy atom. The summed E-state index contributed by atoms with van der Waals surface area (Å²) in [4.78, 5) is 16.4. The zero-order valence-corrected chi connectivity index (χ0v) is 12.4. The van der Waals surface area contributed by atoms with Gasteiger partial charge in [-0.1, -0.05) is 15.9 Å². The second kappa shape index (κ2) is 5.84. The molecule has 0 fully saturated rings. The normalized spacial score (nSPS) is 10.3. The van der Waals surface area contributed by atoms with Crippen LogP contribution in [-0.4, -0.2) is 25.7 Å². The van der Waals surface area contributed by atoms with Gasteiger partial charge in [-0.15, -0.1) is 10.2 Å². The number of rotatable bonds is 3. The summed E-state index contributed by atoms with van der Waals surface area (Å²) in [5.74, 6) is 0.387. The van der Waals surface area contributed by atoms with Crippen molar-refractivity contribution in [3.8, 4) is 5.82 Å². The number of aromatic nitrogens is 4. The van der Waals surface area contributed by atoms with Crippen LogP contribution in [-0.2, 0) is 0 Å². The number of pyridine rings is 1. The van der Waals surface area contributed by atoms with E-state index in [9.17, 15) is 4.79 Å². The highest BCUT2D eigenvalue weighted by Gasteiger charge is 2.08. The molecule has 2 heterocycles. The van der Waals surface area contributed by atoms with Crippen LogP contribution in [0.15, 0.2) is 59.7 Å². The van der Waals surface area contributed by atoms with Crippen LogP contribution >= 0.6 is 15.9 Å². The highest BCUT2D eigenvalue weighted by atomic mass is 79.9. The zero-order chi connectivity index (χ0) is 14.7. The highest BCUT2D eigenvalue weighted by Crippen LogP contribution is 2.15. The number of nitrogens with one attached hydrogen (secondary N) is 1. The molecule has 0 aliphatic heterocycles. The minimum absolute atomic E-state index is 0.200. The largest absolute Gasteiger partial charge is 0.322 e. The molecule has 0 spiro atoms. The van der Waals surface area contributed by atoms with Crippen LogP contribution in [0.1, 0.15) is 10.4 Å². The lowest BCUT2D eigenvalue weighted by molar-refractivity contribution is 0.102. The minimum Gasteiger partial charge on any atom is -0.322 e. The first-order valence-electron chi connectivity index (χ1n) is 6.10. The summed E-state index contributed by atoms with van der Waals surface area (Å²) in [7, 11) is 0. The molecule has 0 radical (unpaired) electrons. The van der Waals surface area contributed by atoms with Crippen molar-refractivity contribution >= 4 is 27.5 Å². The van der Waals surface area contributed by atoms with Crippen molar-refractivity contribution < 1.29 is 4.79 Å². The fourth-order valence-corrected chi connectivity index (χ4v) is 2.02. The van der Waals surface area contributed by atoms with Gasteiger partial charge in [-0.05, 0) is 36.4 Å². The van der Waals surface area contributed by atoms with E-state index in [0.717, 1.165) is 10.2 Å². The first-order chi connectivity index (χ1) is 10.2. The van der Waals surface area contributed by atoms with Crippen molar-refractivity contribution in [3.63, 3.8) is 0 Å². The number of carbonyl (C=O) groups excluding carboxylic acids is 1. The van der Waals surface area contributed by atoms with E-state index in [-0.39, 0.29) is 5.91 Å². The number of halogens is 1. The van der Waals surface area contributed by atoms with E-state index in [1.165, 1.54) is 12.7 Å². The first-order valence-corrected chi connectivity index (χ1v) is 6.90. The second-order valence-corrected chi connectivity index (χ2v) is 5.15. The molecule has 0 bridgehead atoms. The van der Waals surface area contributed by atoms with Crippen molar-refractivity contribution in [1.82, 2.24) is 19.7 Å². The average Bonchev–Trinajstić information content (AvgIpc) is 3.04. The molecular weight excluding hydrogens is 334 g/mol. The van der Waals surface area contributed by atoms with Crippen molar-refractivity contribution in [2.24, 2.45) is 0 Å². The molecule has 3 rings (SSSR count). The monoisotopic (exact) mass is 343 g/mol. The zero-order valence-electron chi connectivity index (χ0n) is 10.8. The van der Waals surface area contributed by atoms with Gasteiger partial charge in [-0.2, -0.15) is 0 Å². The maximum atomic E-state index is 12.2. The number of nitrogens with zero attached hydrogens (tertiary/aromatic N) is 4. The number of carbonyl (C=O) groups is 1. The highest BCUT2D eigenvalue weighted by molar-refractivity contribution is 9.10. The summed E-state index contributed by atoms with van der Waals surface area (Å²) < 4.78 is 2.59. The molecule has 0 saturated carbocycles. The second-order valence-electron chi connectivity index (χ2n) is 4.23. The Bertz CT molecular complexity index is 755. The number of anilines is 1. The lowest BCUT2D eigenvalue weighted by Gasteiger charge is -2.06. The van der Waals surface area contributed by atoms with E-state index >= 15 is 0 Å². The lowest BCUT2D eigenvalue weighted by Crippen LogP contribution is -2.12. The average molecular weight is 344 g/mol. The quantitative estimate of drug-likeness (QED) is 0.793. The van der Waals surface area contributed by atoms with Gasteiger partial charge in [0.1, 0.15) is 18.5 Å². The van der Waals surface area contributed by atoms with E-state index in [4.69, 9.17) is 0 Å². The Kier molecular flexibility index (Phi) is 3.74. The summed E-state index contributed by atoms with van der Waals surface area (Å²) in [6.07, 6.45) is 4.63. The molecule has 0 saturated heterocycles. The van der Waals surface area contributed by atoms with E-state index in [2.05, 4.69) is 36.4 Å². The third kappa shape index (κ3) is 3.14. The predicted molar refractivity (Wildman–Crippen MR) is 81.2 cm³/mol. The number of hydrogen-bond acceptors (Lipinski definition) is 4. The molecule has 6 nitrogen and oxygen atoms in total. The van der Waals surface area contributed by atoms with Crippen molar-refractivity contribution in [2.45, 2.75) is 0 Å².